The molecule has 0 radical (unpaired) electrons. The van der Waals surface area contributed by atoms with Crippen LogP contribution in [0.4, 0.5) is 0 Å². The van der Waals surface area contributed by atoms with Gasteiger partial charge in [-0.1, -0.05) is 37.1 Å². The molecule has 2 fully saturated rings. The fraction of sp³-hybridized carbons (Fsp3) is 0.423. The monoisotopic (exact) mass is 461 g/mol. The highest BCUT2D eigenvalue weighted by molar-refractivity contribution is 7.19. The molecule has 6 rings (SSSR count). The number of hydrogen-bond acceptors (Lipinski definition) is 5. The molecule has 6 heteroatoms. The number of carbonyl (C=O) groups excluding carboxylic acids is 1. The Kier molecular flexibility index (Phi) is 5.43. The lowest BCUT2D eigenvalue weighted by molar-refractivity contribution is -0.138. The highest BCUT2D eigenvalue weighted by atomic mass is 32.1. The highest BCUT2D eigenvalue weighted by Gasteiger charge is 2.37. The molecule has 0 N–H and O–H groups in total. The standard InChI is InChI=1S/C26H27N3OS2/c30-26(19-8-2-1-7-18(19)25-28-21-10-4-6-12-23(21)32-25)29-15-13-17(14-16-29)24-27-20-9-3-5-11-22(20)31-24/h3-6,9-12,17-19H,1-2,7-8,13-16H2/t18-,19-/m0/s1. The van der Waals surface area contributed by atoms with Gasteiger partial charge in [-0.3, -0.25) is 4.79 Å². The first-order chi connectivity index (χ1) is 15.8. The molecule has 1 saturated heterocycles. The van der Waals surface area contributed by atoms with Gasteiger partial charge >= 0.3 is 0 Å². The van der Waals surface area contributed by atoms with Crippen molar-refractivity contribution in [1.82, 2.24) is 14.9 Å². The molecule has 164 valence electrons. The van der Waals surface area contributed by atoms with E-state index in [9.17, 15) is 4.79 Å². The predicted molar refractivity (Wildman–Crippen MR) is 132 cm³/mol. The second-order valence-electron chi connectivity index (χ2n) is 9.14. The van der Waals surface area contributed by atoms with Crippen LogP contribution in [-0.2, 0) is 4.79 Å². The molecule has 1 saturated carbocycles. The van der Waals surface area contributed by atoms with Crippen molar-refractivity contribution in [3.8, 4) is 0 Å². The summed E-state index contributed by atoms with van der Waals surface area (Å²) in [5.74, 6) is 1.19. The van der Waals surface area contributed by atoms with Gasteiger partial charge in [0.25, 0.3) is 0 Å². The van der Waals surface area contributed by atoms with Gasteiger partial charge in [-0.15, -0.1) is 22.7 Å². The molecular formula is C26H27N3OS2. The lowest BCUT2D eigenvalue weighted by Crippen LogP contribution is -2.43. The first-order valence-electron chi connectivity index (χ1n) is 11.8. The Morgan fingerprint density at radius 2 is 1.38 bits per heavy atom. The summed E-state index contributed by atoms with van der Waals surface area (Å²) in [7, 11) is 0. The predicted octanol–water partition coefficient (Wildman–Crippen LogP) is 6.59. The molecule has 4 aromatic rings. The van der Waals surface area contributed by atoms with E-state index in [0.717, 1.165) is 61.2 Å². The van der Waals surface area contributed by atoms with E-state index < -0.39 is 0 Å². The third-order valence-corrected chi connectivity index (χ3v) is 9.54. The molecular weight excluding hydrogens is 434 g/mol. The first-order valence-corrected chi connectivity index (χ1v) is 13.4. The normalized spacial score (nSPS) is 22.6. The van der Waals surface area contributed by atoms with Crippen molar-refractivity contribution < 1.29 is 4.79 Å². The van der Waals surface area contributed by atoms with E-state index in [0.29, 0.717) is 11.8 Å². The number of piperidine rings is 1. The van der Waals surface area contributed by atoms with E-state index in [4.69, 9.17) is 9.97 Å². The van der Waals surface area contributed by atoms with Crippen LogP contribution in [0.25, 0.3) is 20.4 Å². The topological polar surface area (TPSA) is 46.1 Å². The van der Waals surface area contributed by atoms with Gasteiger partial charge in [0, 0.05) is 30.8 Å². The number of aromatic nitrogens is 2. The average Bonchev–Trinajstić information content (AvgIpc) is 3.48. The Hall–Kier alpha value is -2.31. The maximum absolute atomic E-state index is 13.6. The third-order valence-electron chi connectivity index (χ3n) is 7.18. The molecule has 0 spiro atoms. The van der Waals surface area contributed by atoms with Gasteiger partial charge in [-0.25, -0.2) is 9.97 Å². The van der Waals surface area contributed by atoms with Crippen LogP contribution < -0.4 is 0 Å². The zero-order valence-electron chi connectivity index (χ0n) is 18.1. The summed E-state index contributed by atoms with van der Waals surface area (Å²) >= 11 is 3.60. The maximum Gasteiger partial charge on any atom is 0.226 e. The van der Waals surface area contributed by atoms with Crippen LogP contribution in [0.2, 0.25) is 0 Å². The van der Waals surface area contributed by atoms with Crippen molar-refractivity contribution in [2.24, 2.45) is 5.92 Å². The molecule has 2 atom stereocenters. The number of nitrogens with zero attached hydrogens (tertiary/aromatic N) is 3. The molecule has 0 unspecified atom stereocenters. The Morgan fingerprint density at radius 3 is 2.06 bits per heavy atom. The Bertz CT molecular complexity index is 1190. The van der Waals surface area contributed by atoms with Gasteiger partial charge in [-0.2, -0.15) is 0 Å². The SMILES string of the molecule is O=C([C@H]1CCCC[C@@H]1c1nc2ccccc2s1)N1CCC(c2nc3ccccc3s2)CC1. The molecule has 4 nitrogen and oxygen atoms in total. The summed E-state index contributed by atoms with van der Waals surface area (Å²) in [6, 6.07) is 16.7. The number of hydrogen-bond donors (Lipinski definition) is 0. The molecule has 2 aromatic heterocycles. The number of thiazole rings is 2. The molecule has 2 aliphatic rings. The number of benzene rings is 2. The number of fused-ring (bicyclic) bond motifs is 2. The third kappa shape index (κ3) is 3.73. The lowest BCUT2D eigenvalue weighted by atomic mass is 9.78. The number of carbonyl (C=O) groups is 1. The first kappa shape index (κ1) is 20.3. The van der Waals surface area contributed by atoms with Crippen LogP contribution in [-0.4, -0.2) is 33.9 Å². The van der Waals surface area contributed by atoms with E-state index in [1.807, 2.05) is 17.4 Å². The Morgan fingerprint density at radius 1 is 0.781 bits per heavy atom. The van der Waals surface area contributed by atoms with E-state index in [1.165, 1.54) is 20.8 Å². The average molecular weight is 462 g/mol. The van der Waals surface area contributed by atoms with Crippen LogP contribution in [0.15, 0.2) is 48.5 Å². The summed E-state index contributed by atoms with van der Waals surface area (Å²) in [5, 5.41) is 2.40. The van der Waals surface area contributed by atoms with Gasteiger partial charge in [0.05, 0.1) is 30.4 Å². The zero-order valence-corrected chi connectivity index (χ0v) is 19.7. The second-order valence-corrected chi connectivity index (χ2v) is 11.3. The molecule has 1 aliphatic carbocycles. The molecule has 2 aromatic carbocycles. The summed E-state index contributed by atoms with van der Waals surface area (Å²) in [6.07, 6.45) is 6.47. The minimum absolute atomic E-state index is 0.0864. The number of para-hydroxylation sites is 2. The van der Waals surface area contributed by atoms with Crippen molar-refractivity contribution in [1.29, 1.82) is 0 Å². The van der Waals surface area contributed by atoms with E-state index >= 15 is 0 Å². The van der Waals surface area contributed by atoms with Gasteiger partial charge in [-0.05, 0) is 49.9 Å². The van der Waals surface area contributed by atoms with E-state index in [-0.39, 0.29) is 11.8 Å². The second kappa shape index (κ2) is 8.56. The van der Waals surface area contributed by atoms with Crippen molar-refractivity contribution >= 4 is 49.0 Å². The zero-order chi connectivity index (χ0) is 21.5. The number of likely N-dealkylation sites (tertiary alicyclic amines) is 1. The fourth-order valence-electron chi connectivity index (χ4n) is 5.42. The number of amides is 1. The largest absolute Gasteiger partial charge is 0.342 e. The van der Waals surface area contributed by atoms with Crippen molar-refractivity contribution in [3.63, 3.8) is 0 Å². The summed E-state index contributed by atoms with van der Waals surface area (Å²) in [5.41, 5.74) is 2.17. The van der Waals surface area contributed by atoms with Gasteiger partial charge in [0.2, 0.25) is 5.91 Å². The van der Waals surface area contributed by atoms with Crippen LogP contribution in [0.3, 0.4) is 0 Å². The molecule has 3 heterocycles. The van der Waals surface area contributed by atoms with E-state index in [1.54, 1.807) is 11.3 Å². The van der Waals surface area contributed by atoms with Crippen molar-refractivity contribution in [2.45, 2.75) is 50.4 Å². The van der Waals surface area contributed by atoms with Crippen LogP contribution in [0.1, 0.15) is 60.4 Å². The fourth-order valence-corrected chi connectivity index (χ4v) is 7.72. The number of rotatable bonds is 3. The Balaban J connectivity index is 1.16. The molecule has 0 bridgehead atoms. The maximum atomic E-state index is 13.6. The quantitative estimate of drug-likeness (QED) is 0.346. The summed E-state index contributed by atoms with van der Waals surface area (Å²) < 4.78 is 2.50. The van der Waals surface area contributed by atoms with Crippen LogP contribution >= 0.6 is 22.7 Å². The lowest BCUT2D eigenvalue weighted by Gasteiger charge is -2.37. The summed E-state index contributed by atoms with van der Waals surface area (Å²) in [4.78, 5) is 25.6. The molecule has 1 amide bonds. The smallest absolute Gasteiger partial charge is 0.226 e. The van der Waals surface area contributed by atoms with Gasteiger partial charge in [0.15, 0.2) is 0 Å². The highest BCUT2D eigenvalue weighted by Crippen LogP contribution is 2.42. The summed E-state index contributed by atoms with van der Waals surface area (Å²) in [6.45, 7) is 1.70. The van der Waals surface area contributed by atoms with Gasteiger partial charge in [0.1, 0.15) is 0 Å². The van der Waals surface area contributed by atoms with Crippen molar-refractivity contribution in [2.75, 3.05) is 13.1 Å². The van der Waals surface area contributed by atoms with Gasteiger partial charge < -0.3 is 4.90 Å². The van der Waals surface area contributed by atoms with Crippen LogP contribution in [0.5, 0.6) is 0 Å². The van der Waals surface area contributed by atoms with E-state index in [2.05, 4.69) is 47.4 Å². The Labute approximate surface area is 196 Å². The molecule has 32 heavy (non-hydrogen) atoms. The van der Waals surface area contributed by atoms with Crippen LogP contribution in [0, 0.1) is 5.92 Å². The minimum atomic E-state index is 0.0864. The minimum Gasteiger partial charge on any atom is -0.342 e. The molecule has 1 aliphatic heterocycles. The van der Waals surface area contributed by atoms with Crippen molar-refractivity contribution in [3.05, 3.63) is 58.5 Å².